The van der Waals surface area contributed by atoms with Crippen molar-refractivity contribution in [2.75, 3.05) is 6.54 Å². The van der Waals surface area contributed by atoms with Gasteiger partial charge in [0.05, 0.1) is 17.4 Å². The predicted octanol–water partition coefficient (Wildman–Crippen LogP) is 1.99. The van der Waals surface area contributed by atoms with Crippen LogP contribution in [0, 0.1) is 0 Å². The number of carbonyl (C=O) groups is 1. The van der Waals surface area contributed by atoms with Gasteiger partial charge in [0, 0.05) is 20.1 Å². The number of aromatic nitrogens is 3. The minimum absolute atomic E-state index is 0.325. The highest BCUT2D eigenvalue weighted by Crippen LogP contribution is 2.16. The number of hydrogen-bond donors (Lipinski definition) is 2. The highest BCUT2D eigenvalue weighted by molar-refractivity contribution is 5.68. The fraction of sp³-hybridized carbons (Fsp3) is 0.800. The van der Waals surface area contributed by atoms with Gasteiger partial charge < -0.3 is 15.4 Å². The van der Waals surface area contributed by atoms with E-state index in [0.29, 0.717) is 13.1 Å². The lowest BCUT2D eigenvalue weighted by Crippen LogP contribution is -2.55. The summed E-state index contributed by atoms with van der Waals surface area (Å²) in [6, 6.07) is 0. The third-order valence-corrected chi connectivity index (χ3v) is 3.70. The molecule has 7 heteroatoms. The van der Waals surface area contributed by atoms with Crippen molar-refractivity contribution in [3.8, 4) is 0 Å². The Kier molecular flexibility index (Phi) is 6.34. The second-order valence-electron chi connectivity index (χ2n) is 6.57. The average Bonchev–Trinajstić information content (AvgIpc) is 2.81. The number of ether oxygens (including phenoxy) is 1. The van der Waals surface area contributed by atoms with Gasteiger partial charge in [-0.15, -0.1) is 5.10 Å². The number of amides is 1. The maximum Gasteiger partial charge on any atom is 0.408 e. The smallest absolute Gasteiger partial charge is 0.408 e. The van der Waals surface area contributed by atoms with E-state index in [2.05, 4.69) is 34.8 Å². The van der Waals surface area contributed by atoms with E-state index in [0.717, 1.165) is 18.5 Å². The van der Waals surface area contributed by atoms with Crippen LogP contribution < -0.4 is 10.6 Å². The van der Waals surface area contributed by atoms with Crippen molar-refractivity contribution in [2.24, 2.45) is 7.05 Å². The first-order chi connectivity index (χ1) is 10.2. The monoisotopic (exact) mass is 311 g/mol. The van der Waals surface area contributed by atoms with Gasteiger partial charge in [-0.05, 0) is 33.6 Å². The zero-order chi connectivity index (χ0) is 16.8. The largest absolute Gasteiger partial charge is 0.444 e. The van der Waals surface area contributed by atoms with Gasteiger partial charge in [-0.25, -0.2) is 4.79 Å². The Morgan fingerprint density at radius 2 is 1.95 bits per heavy atom. The maximum absolute atomic E-state index is 12.1. The molecule has 0 atom stereocenters. The molecule has 0 saturated heterocycles. The van der Waals surface area contributed by atoms with Crippen LogP contribution in [0.2, 0.25) is 0 Å². The molecule has 0 saturated carbocycles. The molecule has 2 N–H and O–H groups in total. The standard InChI is InChI=1S/C15H29N5O2/c1-7-15(8-2,18-13(21)22-14(3,4)5)11-16-9-12-10-17-19-20(12)6/h10,16H,7-9,11H2,1-6H3,(H,18,21). The summed E-state index contributed by atoms with van der Waals surface area (Å²) in [6.45, 7) is 11.0. The number of carbonyl (C=O) groups excluding carboxylic acids is 1. The molecule has 1 amide bonds. The molecule has 126 valence electrons. The van der Waals surface area contributed by atoms with E-state index in [1.54, 1.807) is 10.9 Å². The lowest BCUT2D eigenvalue weighted by Gasteiger charge is -2.34. The highest BCUT2D eigenvalue weighted by atomic mass is 16.6. The number of rotatable bonds is 7. The Balaban J connectivity index is 2.58. The number of hydrogen-bond acceptors (Lipinski definition) is 5. The van der Waals surface area contributed by atoms with Gasteiger partial charge in [-0.1, -0.05) is 19.1 Å². The molecule has 0 fully saturated rings. The van der Waals surface area contributed by atoms with E-state index in [-0.39, 0.29) is 11.6 Å². The summed E-state index contributed by atoms with van der Waals surface area (Å²) in [7, 11) is 1.86. The van der Waals surface area contributed by atoms with E-state index in [1.807, 2.05) is 27.8 Å². The van der Waals surface area contributed by atoms with Crippen molar-refractivity contribution in [1.82, 2.24) is 25.6 Å². The number of nitrogens with one attached hydrogen (secondary N) is 2. The number of alkyl carbamates (subject to hydrolysis) is 1. The SMILES string of the molecule is CCC(CC)(CNCc1cnnn1C)NC(=O)OC(C)(C)C. The molecule has 0 radical (unpaired) electrons. The van der Waals surface area contributed by atoms with Crippen LogP contribution in [0.4, 0.5) is 4.79 Å². The van der Waals surface area contributed by atoms with Gasteiger partial charge in [-0.2, -0.15) is 0 Å². The quantitative estimate of drug-likeness (QED) is 0.805. The molecule has 0 unspecified atom stereocenters. The summed E-state index contributed by atoms with van der Waals surface area (Å²) in [6.07, 6.45) is 2.99. The lowest BCUT2D eigenvalue weighted by molar-refractivity contribution is 0.0445. The highest BCUT2D eigenvalue weighted by Gasteiger charge is 2.30. The van der Waals surface area contributed by atoms with Crippen molar-refractivity contribution in [1.29, 1.82) is 0 Å². The third-order valence-electron chi connectivity index (χ3n) is 3.70. The minimum Gasteiger partial charge on any atom is -0.444 e. The van der Waals surface area contributed by atoms with Crippen molar-refractivity contribution in [2.45, 2.75) is 65.1 Å². The van der Waals surface area contributed by atoms with Gasteiger partial charge in [0.15, 0.2) is 0 Å². The fourth-order valence-electron chi connectivity index (χ4n) is 2.14. The average molecular weight is 311 g/mol. The molecule has 1 rings (SSSR count). The van der Waals surface area contributed by atoms with Crippen molar-refractivity contribution >= 4 is 6.09 Å². The van der Waals surface area contributed by atoms with Gasteiger partial charge >= 0.3 is 6.09 Å². The Morgan fingerprint density at radius 3 is 2.41 bits per heavy atom. The van der Waals surface area contributed by atoms with Gasteiger partial charge in [0.1, 0.15) is 5.60 Å². The maximum atomic E-state index is 12.1. The molecule has 1 aromatic rings. The summed E-state index contributed by atoms with van der Waals surface area (Å²) >= 11 is 0. The minimum atomic E-state index is -0.495. The molecular weight excluding hydrogens is 282 g/mol. The number of aryl methyl sites for hydroxylation is 1. The lowest BCUT2D eigenvalue weighted by atomic mass is 9.93. The first-order valence-electron chi connectivity index (χ1n) is 7.77. The molecular formula is C15H29N5O2. The molecule has 0 aliphatic rings. The van der Waals surface area contributed by atoms with Gasteiger partial charge in [0.25, 0.3) is 0 Å². The van der Waals surface area contributed by atoms with Crippen LogP contribution in [0.15, 0.2) is 6.20 Å². The van der Waals surface area contributed by atoms with Crippen molar-refractivity contribution in [3.63, 3.8) is 0 Å². The van der Waals surface area contributed by atoms with Crippen LogP contribution in [0.3, 0.4) is 0 Å². The second kappa shape index (κ2) is 7.58. The molecule has 0 aromatic carbocycles. The van der Waals surface area contributed by atoms with E-state index in [4.69, 9.17) is 4.74 Å². The molecule has 1 aromatic heterocycles. The topological polar surface area (TPSA) is 81.1 Å². The van der Waals surface area contributed by atoms with Gasteiger partial charge in [-0.3, -0.25) is 4.68 Å². The normalized spacial score (nSPS) is 12.3. The van der Waals surface area contributed by atoms with Crippen LogP contribution in [-0.2, 0) is 18.3 Å². The summed E-state index contributed by atoms with van der Waals surface area (Å²) in [5.41, 5.74) is 0.179. The Labute approximate surface area is 132 Å². The molecule has 1 heterocycles. The van der Waals surface area contributed by atoms with Crippen LogP contribution in [-0.4, -0.2) is 38.8 Å². The van der Waals surface area contributed by atoms with Crippen LogP contribution in [0.1, 0.15) is 53.2 Å². The first kappa shape index (κ1) is 18.4. The second-order valence-corrected chi connectivity index (χ2v) is 6.57. The zero-order valence-corrected chi connectivity index (χ0v) is 14.6. The number of nitrogens with zero attached hydrogens (tertiary/aromatic N) is 3. The van der Waals surface area contributed by atoms with Gasteiger partial charge in [0.2, 0.25) is 0 Å². The molecule has 0 bridgehead atoms. The summed E-state index contributed by atoms with van der Waals surface area (Å²) in [4.78, 5) is 12.1. The first-order valence-corrected chi connectivity index (χ1v) is 7.77. The van der Waals surface area contributed by atoms with Crippen LogP contribution >= 0.6 is 0 Å². The molecule has 0 aliphatic carbocycles. The molecule has 0 spiro atoms. The summed E-state index contributed by atoms with van der Waals surface area (Å²) < 4.78 is 7.10. The summed E-state index contributed by atoms with van der Waals surface area (Å²) in [5, 5.41) is 14.1. The van der Waals surface area contributed by atoms with Crippen LogP contribution in [0.5, 0.6) is 0 Å². The summed E-state index contributed by atoms with van der Waals surface area (Å²) in [5.74, 6) is 0. The van der Waals surface area contributed by atoms with E-state index < -0.39 is 5.60 Å². The molecule has 22 heavy (non-hydrogen) atoms. The zero-order valence-electron chi connectivity index (χ0n) is 14.6. The predicted molar refractivity (Wildman–Crippen MR) is 85.4 cm³/mol. The fourth-order valence-corrected chi connectivity index (χ4v) is 2.14. The Morgan fingerprint density at radius 1 is 1.32 bits per heavy atom. The Bertz CT molecular complexity index is 475. The van der Waals surface area contributed by atoms with Crippen LogP contribution in [0.25, 0.3) is 0 Å². The van der Waals surface area contributed by atoms with Crippen molar-refractivity contribution < 1.29 is 9.53 Å². The van der Waals surface area contributed by atoms with E-state index in [1.165, 1.54) is 0 Å². The van der Waals surface area contributed by atoms with Crippen molar-refractivity contribution in [3.05, 3.63) is 11.9 Å². The Hall–Kier alpha value is -1.63. The third kappa shape index (κ3) is 5.63. The van der Waals surface area contributed by atoms with E-state index in [9.17, 15) is 4.79 Å². The van der Waals surface area contributed by atoms with E-state index >= 15 is 0 Å². The molecule has 7 nitrogen and oxygen atoms in total. The molecule has 0 aliphatic heterocycles.